The quantitative estimate of drug-likeness (QED) is 0.231. The minimum atomic E-state index is -0.289. The van der Waals surface area contributed by atoms with Crippen LogP contribution in [0, 0.1) is 5.92 Å². The molecule has 6 rings (SSSR count). The second-order valence-corrected chi connectivity index (χ2v) is 11.7. The van der Waals surface area contributed by atoms with Gasteiger partial charge in [-0.3, -0.25) is 19.4 Å². The second kappa shape index (κ2) is 28.3. The molecule has 3 aromatic rings. The van der Waals surface area contributed by atoms with Crippen molar-refractivity contribution in [3.63, 3.8) is 0 Å². The maximum atomic E-state index is 12.4. The summed E-state index contributed by atoms with van der Waals surface area (Å²) in [5.74, 6) is 0.662. The Bertz CT molecular complexity index is 1450. The topological polar surface area (TPSA) is 73.3 Å². The Morgan fingerprint density at radius 2 is 0.981 bits per heavy atom. The van der Waals surface area contributed by atoms with Crippen LogP contribution in [0.5, 0.6) is 0 Å². The molecule has 0 aromatic heterocycles. The third kappa shape index (κ3) is 14.2. The molecule has 1 saturated heterocycles. The summed E-state index contributed by atoms with van der Waals surface area (Å²) in [5, 5.41) is 0. The van der Waals surface area contributed by atoms with Crippen LogP contribution in [0.1, 0.15) is 133 Å². The lowest BCUT2D eigenvalue weighted by molar-refractivity contribution is -0.133. The lowest BCUT2D eigenvalue weighted by Crippen LogP contribution is -2.32. The van der Waals surface area contributed by atoms with Crippen LogP contribution in [0.2, 0.25) is 0 Å². The van der Waals surface area contributed by atoms with Crippen molar-refractivity contribution in [2.75, 3.05) is 37.5 Å². The molecule has 1 fully saturated rings. The number of para-hydroxylation sites is 2. The molecule has 3 unspecified atom stereocenters. The number of anilines is 2. The van der Waals surface area contributed by atoms with Crippen LogP contribution in [0.3, 0.4) is 0 Å². The van der Waals surface area contributed by atoms with Crippen molar-refractivity contribution < 1.29 is 14.4 Å². The van der Waals surface area contributed by atoms with E-state index in [-0.39, 0.29) is 29.7 Å². The van der Waals surface area contributed by atoms with Crippen molar-refractivity contribution in [3.8, 4) is 11.1 Å². The molecule has 3 heterocycles. The van der Waals surface area contributed by atoms with E-state index in [1.54, 1.807) is 16.8 Å². The Kier molecular flexibility index (Phi) is 27.1. The van der Waals surface area contributed by atoms with Crippen molar-refractivity contribution in [1.29, 1.82) is 0 Å². The summed E-state index contributed by atoms with van der Waals surface area (Å²) in [6, 6.07) is 23.8. The molecule has 7 nitrogen and oxygen atoms in total. The SMILES string of the molecule is CC.CC.CC.CC.CC.CC1=NC(C)C(=O)N(C)c2ccccc21.CC1C(=O)N(C)c2ccccc2-c2ccccc21.CC1CCCCN(C)C1=O. The zero-order valence-corrected chi connectivity index (χ0v) is 36.5. The molecule has 0 saturated carbocycles. The Labute approximate surface area is 324 Å². The lowest BCUT2D eigenvalue weighted by atomic mass is 9.92. The van der Waals surface area contributed by atoms with Crippen molar-refractivity contribution in [2.24, 2.45) is 10.9 Å². The summed E-state index contributed by atoms with van der Waals surface area (Å²) in [4.78, 5) is 45.2. The summed E-state index contributed by atoms with van der Waals surface area (Å²) < 4.78 is 0. The number of benzene rings is 3. The minimum Gasteiger partial charge on any atom is -0.346 e. The first kappa shape index (κ1) is 50.8. The summed E-state index contributed by atoms with van der Waals surface area (Å²) in [6.45, 7) is 28.7. The van der Waals surface area contributed by atoms with Crippen LogP contribution >= 0.6 is 0 Å². The molecule has 7 heteroatoms. The zero-order valence-electron chi connectivity index (χ0n) is 36.5. The van der Waals surface area contributed by atoms with E-state index in [1.165, 1.54) is 18.4 Å². The molecule has 3 amide bonds. The van der Waals surface area contributed by atoms with Gasteiger partial charge in [0, 0.05) is 50.4 Å². The first-order valence-electron chi connectivity index (χ1n) is 20.1. The van der Waals surface area contributed by atoms with Gasteiger partial charge in [0.2, 0.25) is 11.8 Å². The van der Waals surface area contributed by atoms with Gasteiger partial charge in [-0.1, -0.05) is 143 Å². The number of hydrogen-bond acceptors (Lipinski definition) is 4. The van der Waals surface area contributed by atoms with E-state index in [9.17, 15) is 14.4 Å². The Morgan fingerprint density at radius 1 is 0.547 bits per heavy atom. The summed E-state index contributed by atoms with van der Waals surface area (Å²) in [6.07, 6.45) is 3.45. The molecule has 0 spiro atoms. The van der Waals surface area contributed by atoms with E-state index in [4.69, 9.17) is 0 Å². The third-order valence-corrected chi connectivity index (χ3v) is 8.59. The Morgan fingerprint density at radius 3 is 1.53 bits per heavy atom. The van der Waals surface area contributed by atoms with Gasteiger partial charge in [0.1, 0.15) is 6.04 Å². The highest BCUT2D eigenvalue weighted by Crippen LogP contribution is 2.39. The molecule has 3 aromatic carbocycles. The molecule has 0 bridgehead atoms. The van der Waals surface area contributed by atoms with Gasteiger partial charge in [0.25, 0.3) is 5.91 Å². The van der Waals surface area contributed by atoms with Crippen LogP contribution in [-0.2, 0) is 14.4 Å². The zero-order chi connectivity index (χ0) is 41.3. The first-order valence-corrected chi connectivity index (χ1v) is 20.1. The molecule has 53 heavy (non-hydrogen) atoms. The number of rotatable bonds is 0. The molecule has 3 aliphatic heterocycles. The van der Waals surface area contributed by atoms with Crippen LogP contribution in [0.25, 0.3) is 11.1 Å². The van der Waals surface area contributed by atoms with E-state index in [0.29, 0.717) is 5.91 Å². The van der Waals surface area contributed by atoms with Crippen molar-refractivity contribution in [3.05, 3.63) is 83.9 Å². The van der Waals surface area contributed by atoms with E-state index < -0.39 is 0 Å². The number of nitrogens with zero attached hydrogens (tertiary/aromatic N) is 4. The van der Waals surface area contributed by atoms with Crippen LogP contribution in [0.15, 0.2) is 77.8 Å². The number of amides is 3. The van der Waals surface area contributed by atoms with E-state index in [0.717, 1.165) is 46.7 Å². The van der Waals surface area contributed by atoms with Gasteiger partial charge in [-0.05, 0) is 56.9 Å². The number of benzodiazepines with no additional fused rings is 1. The molecule has 296 valence electrons. The summed E-state index contributed by atoms with van der Waals surface area (Å²) in [7, 11) is 5.54. The van der Waals surface area contributed by atoms with Crippen LogP contribution < -0.4 is 9.80 Å². The van der Waals surface area contributed by atoms with Crippen molar-refractivity contribution in [1.82, 2.24) is 4.90 Å². The fourth-order valence-corrected chi connectivity index (χ4v) is 5.95. The van der Waals surface area contributed by atoms with Gasteiger partial charge in [0.05, 0.1) is 17.3 Å². The van der Waals surface area contributed by atoms with Gasteiger partial charge >= 0.3 is 0 Å². The fourth-order valence-electron chi connectivity index (χ4n) is 5.95. The van der Waals surface area contributed by atoms with Gasteiger partial charge in [0.15, 0.2) is 0 Å². The molecule has 0 aliphatic carbocycles. The van der Waals surface area contributed by atoms with E-state index in [2.05, 4.69) is 17.1 Å². The van der Waals surface area contributed by atoms with Gasteiger partial charge in [-0.2, -0.15) is 0 Å². The average molecular weight is 731 g/mol. The first-order chi connectivity index (χ1) is 25.5. The molecule has 0 radical (unpaired) electrons. The Balaban J connectivity index is 0. The van der Waals surface area contributed by atoms with Gasteiger partial charge in [-0.15, -0.1) is 0 Å². The number of fused-ring (bicyclic) bond motifs is 4. The Hall–Kier alpha value is -4.26. The van der Waals surface area contributed by atoms with E-state index in [1.807, 2.05) is 177 Å². The number of likely N-dealkylation sites (tertiary alicyclic amines) is 1. The molecular weight excluding hydrogens is 657 g/mol. The predicted octanol–water partition coefficient (Wildman–Crippen LogP) is 11.7. The maximum Gasteiger partial charge on any atom is 0.251 e. The van der Waals surface area contributed by atoms with Crippen LogP contribution in [-0.4, -0.2) is 62.1 Å². The number of likely N-dealkylation sites (N-methyl/N-ethyl adjacent to an activating group) is 2. The highest BCUT2D eigenvalue weighted by molar-refractivity contribution is 6.11. The predicted molar refractivity (Wildman–Crippen MR) is 233 cm³/mol. The number of hydrogen-bond donors (Lipinski definition) is 0. The standard InChI is InChI=1S/C16H15NO.C12H14N2O.C8H15NO.5C2H6/c1-11-12-7-3-4-8-13(12)14-9-5-6-10-15(14)17(2)16(11)18;1-8-10-6-4-5-7-11(10)14(3)12(15)9(2)13-8;1-7-5-3-4-6-9(2)8(7)10;5*1-2/h3-11H,1-2H3;4-7,9H,1-3H3;7H,3-6H2,1-2H3;5*1-2H3. The minimum absolute atomic E-state index is 0.0410. The smallest absolute Gasteiger partial charge is 0.251 e. The van der Waals surface area contributed by atoms with E-state index >= 15 is 0 Å². The van der Waals surface area contributed by atoms with Crippen LogP contribution in [0.4, 0.5) is 11.4 Å². The van der Waals surface area contributed by atoms with Gasteiger partial charge in [-0.25, -0.2) is 0 Å². The second-order valence-electron chi connectivity index (χ2n) is 11.7. The monoisotopic (exact) mass is 731 g/mol. The van der Waals surface area contributed by atoms with Crippen molar-refractivity contribution >= 4 is 34.8 Å². The molecule has 3 aliphatic rings. The third-order valence-electron chi connectivity index (χ3n) is 8.59. The lowest BCUT2D eigenvalue weighted by Gasteiger charge is -2.19. The fraction of sp³-hybridized carbons (Fsp3) is 0.522. The number of carbonyl (C=O) groups excluding carboxylic acids is 3. The number of carbonyl (C=O) groups is 3. The number of aliphatic imine (C=N–C) groups is 1. The average Bonchev–Trinajstić information content (AvgIpc) is 3.46. The maximum absolute atomic E-state index is 12.4. The molecule has 0 N–H and O–H groups in total. The van der Waals surface area contributed by atoms with Crippen molar-refractivity contribution in [2.45, 2.75) is 128 Å². The summed E-state index contributed by atoms with van der Waals surface area (Å²) in [5.41, 5.74) is 7.30. The largest absolute Gasteiger partial charge is 0.346 e. The molecule has 3 atom stereocenters. The normalized spacial score (nSPS) is 17.9. The highest BCUT2D eigenvalue weighted by Gasteiger charge is 2.28. The molecular formula is C46H74N4O3. The van der Waals surface area contributed by atoms with Gasteiger partial charge < -0.3 is 14.7 Å². The highest BCUT2D eigenvalue weighted by atomic mass is 16.2. The summed E-state index contributed by atoms with van der Waals surface area (Å²) >= 11 is 0.